The van der Waals surface area contributed by atoms with Gasteiger partial charge in [-0.3, -0.25) is 9.59 Å². The number of nitrogens with two attached hydrogens (primary N) is 1. The van der Waals surface area contributed by atoms with E-state index in [1.54, 1.807) is 74.5 Å². The second-order valence-corrected chi connectivity index (χ2v) is 8.81. The summed E-state index contributed by atoms with van der Waals surface area (Å²) in [6, 6.07) is 12.7. The van der Waals surface area contributed by atoms with Gasteiger partial charge in [0, 0.05) is 18.8 Å². The van der Waals surface area contributed by atoms with Gasteiger partial charge in [0.05, 0.1) is 5.69 Å². The minimum atomic E-state index is -1.14. The van der Waals surface area contributed by atoms with Crippen molar-refractivity contribution in [3.05, 3.63) is 78.2 Å². The smallest absolute Gasteiger partial charge is 0.253 e. The van der Waals surface area contributed by atoms with Crippen molar-refractivity contribution >= 4 is 17.5 Å². The molecule has 0 radical (unpaired) electrons. The second-order valence-electron chi connectivity index (χ2n) is 8.81. The van der Waals surface area contributed by atoms with Crippen LogP contribution in [0, 0.1) is 11.8 Å². The number of carbonyl (C=O) groups excluding carboxylic acids is 2. The Balaban J connectivity index is 1.58. The molecule has 35 heavy (non-hydrogen) atoms. The maximum absolute atomic E-state index is 13.5. The minimum Gasteiger partial charge on any atom is -0.489 e. The number of hydrogen-bond acceptors (Lipinski definition) is 6. The summed E-state index contributed by atoms with van der Waals surface area (Å²) in [4.78, 5) is 28.9. The molecule has 0 saturated heterocycles. The molecule has 8 nitrogen and oxygen atoms in total. The van der Waals surface area contributed by atoms with Gasteiger partial charge >= 0.3 is 0 Å². The molecular formula is C27H27N3O5. The Morgan fingerprint density at radius 2 is 1.97 bits per heavy atom. The average molecular weight is 474 g/mol. The van der Waals surface area contributed by atoms with Crippen LogP contribution in [0.15, 0.2) is 72.6 Å². The lowest BCUT2D eigenvalue weighted by atomic mass is 10.1. The molecule has 4 rings (SSSR count). The Labute approximate surface area is 204 Å². The number of nitrogens with zero attached hydrogens (tertiary/aromatic N) is 2. The number of aliphatic hydroxyl groups is 1. The molecule has 0 bridgehead atoms. The molecule has 2 heterocycles. The number of anilines is 1. The summed E-state index contributed by atoms with van der Waals surface area (Å²) in [5.41, 5.74) is 5.73. The number of allylic oxidation sites excluding steroid dienone is 1. The van der Waals surface area contributed by atoms with Crippen LogP contribution in [-0.2, 0) is 9.59 Å². The van der Waals surface area contributed by atoms with Crippen LogP contribution in [0.3, 0.4) is 0 Å². The third-order valence-corrected chi connectivity index (χ3v) is 5.53. The third kappa shape index (κ3) is 5.48. The molecule has 0 fully saturated rings. The van der Waals surface area contributed by atoms with Crippen molar-refractivity contribution < 1.29 is 24.2 Å². The van der Waals surface area contributed by atoms with Crippen LogP contribution in [0.2, 0.25) is 0 Å². The number of hydrogen-bond donors (Lipinski definition) is 2. The molecule has 0 spiro atoms. The Hall–Kier alpha value is -4.22. The first-order valence-corrected chi connectivity index (χ1v) is 11.1. The van der Waals surface area contributed by atoms with Gasteiger partial charge in [0.2, 0.25) is 5.91 Å². The van der Waals surface area contributed by atoms with E-state index in [2.05, 4.69) is 11.8 Å². The number of amides is 2. The highest BCUT2D eigenvalue weighted by atomic mass is 16.5. The lowest BCUT2D eigenvalue weighted by Gasteiger charge is -2.35. The molecule has 2 amide bonds. The minimum absolute atomic E-state index is 0.0156. The topological polar surface area (TPSA) is 105 Å². The van der Waals surface area contributed by atoms with E-state index in [-0.39, 0.29) is 12.5 Å². The van der Waals surface area contributed by atoms with Gasteiger partial charge in [0.1, 0.15) is 41.5 Å². The molecule has 0 aliphatic carbocycles. The maximum atomic E-state index is 13.5. The van der Waals surface area contributed by atoms with Gasteiger partial charge in [0.15, 0.2) is 0 Å². The number of carbonyl (C=O) groups is 2. The first kappa shape index (κ1) is 23.9. The molecule has 0 aromatic heterocycles. The zero-order valence-electron chi connectivity index (χ0n) is 19.8. The van der Waals surface area contributed by atoms with Gasteiger partial charge < -0.3 is 30.1 Å². The van der Waals surface area contributed by atoms with E-state index in [0.29, 0.717) is 28.5 Å². The molecule has 180 valence electrons. The van der Waals surface area contributed by atoms with Crippen LogP contribution >= 0.6 is 0 Å². The Morgan fingerprint density at radius 3 is 2.66 bits per heavy atom. The molecule has 2 aliphatic rings. The summed E-state index contributed by atoms with van der Waals surface area (Å²) < 4.78 is 11.8. The summed E-state index contributed by atoms with van der Waals surface area (Å²) in [5, 5.41) is 9.88. The average Bonchev–Trinajstić information content (AvgIpc) is 2.94. The summed E-state index contributed by atoms with van der Waals surface area (Å²) in [6.45, 7) is 3.21. The van der Waals surface area contributed by atoms with Crippen LogP contribution in [0.4, 0.5) is 5.69 Å². The first-order valence-electron chi connectivity index (χ1n) is 11.1. The van der Waals surface area contributed by atoms with Gasteiger partial charge in [-0.2, -0.15) is 0 Å². The Morgan fingerprint density at radius 1 is 1.23 bits per heavy atom. The van der Waals surface area contributed by atoms with Crippen LogP contribution in [-0.4, -0.2) is 53.2 Å². The zero-order valence-corrected chi connectivity index (χ0v) is 19.8. The molecule has 8 heteroatoms. The lowest BCUT2D eigenvalue weighted by molar-refractivity contribution is -0.127. The number of fused-ring (bicyclic) bond motifs is 1. The fourth-order valence-electron chi connectivity index (χ4n) is 3.77. The zero-order chi connectivity index (χ0) is 25.2. The van der Waals surface area contributed by atoms with Crippen LogP contribution in [0.1, 0.15) is 19.4 Å². The van der Waals surface area contributed by atoms with E-state index >= 15 is 0 Å². The van der Waals surface area contributed by atoms with Crippen LogP contribution < -0.4 is 20.1 Å². The van der Waals surface area contributed by atoms with Crippen molar-refractivity contribution in [3.63, 3.8) is 0 Å². The summed E-state index contributed by atoms with van der Waals surface area (Å²) in [5.74, 6) is 6.36. The predicted molar refractivity (Wildman–Crippen MR) is 131 cm³/mol. The van der Waals surface area contributed by atoms with Gasteiger partial charge in [-0.15, -0.1) is 0 Å². The normalized spacial score (nSPS) is 19.5. The lowest BCUT2D eigenvalue weighted by Crippen LogP contribution is -2.54. The summed E-state index contributed by atoms with van der Waals surface area (Å²) in [7, 11) is 1.64. The fraction of sp³-hybridized carbons (Fsp3) is 0.259. The highest BCUT2D eigenvalue weighted by Gasteiger charge is 2.38. The first-order chi connectivity index (χ1) is 16.6. The molecule has 2 atom stereocenters. The number of para-hydroxylation sites is 1. The highest BCUT2D eigenvalue weighted by Crippen LogP contribution is 2.33. The van der Waals surface area contributed by atoms with Crippen molar-refractivity contribution in [1.29, 1.82) is 0 Å². The van der Waals surface area contributed by atoms with E-state index in [1.165, 1.54) is 4.90 Å². The van der Waals surface area contributed by atoms with E-state index in [4.69, 9.17) is 15.2 Å². The monoisotopic (exact) mass is 473 g/mol. The van der Waals surface area contributed by atoms with Crippen molar-refractivity contribution in [2.24, 2.45) is 5.73 Å². The quantitative estimate of drug-likeness (QED) is 0.660. The molecular weight excluding hydrogens is 446 g/mol. The molecule has 3 N–H and O–H groups in total. The SMILES string of the molecule is CN1C(=O)C(N2C=CC(Oc3ccccc3)=C[C@H]2C(N)=O)COc2ccc(C#CC(C)(C)O)cc21. The second kappa shape index (κ2) is 9.57. The molecule has 0 saturated carbocycles. The van der Waals surface area contributed by atoms with Gasteiger partial charge in [0.25, 0.3) is 5.91 Å². The van der Waals surface area contributed by atoms with Gasteiger partial charge in [-0.1, -0.05) is 30.0 Å². The number of benzene rings is 2. The third-order valence-electron chi connectivity index (χ3n) is 5.53. The van der Waals surface area contributed by atoms with E-state index < -0.39 is 23.6 Å². The van der Waals surface area contributed by atoms with Crippen LogP contribution in [0.5, 0.6) is 11.5 Å². The van der Waals surface area contributed by atoms with Gasteiger partial charge in [-0.05, 0) is 56.3 Å². The largest absolute Gasteiger partial charge is 0.489 e. The maximum Gasteiger partial charge on any atom is 0.253 e. The Bertz CT molecular complexity index is 1250. The molecule has 2 aromatic carbocycles. The Kier molecular flexibility index (Phi) is 6.54. The van der Waals surface area contributed by atoms with Crippen molar-refractivity contribution in [1.82, 2.24) is 4.90 Å². The van der Waals surface area contributed by atoms with E-state index in [9.17, 15) is 14.7 Å². The van der Waals surface area contributed by atoms with Gasteiger partial charge in [-0.25, -0.2) is 0 Å². The number of likely N-dealkylation sites (N-methyl/N-ethyl adjacent to an activating group) is 1. The van der Waals surface area contributed by atoms with Crippen LogP contribution in [0.25, 0.3) is 0 Å². The van der Waals surface area contributed by atoms with Crippen molar-refractivity contribution in [2.75, 3.05) is 18.6 Å². The number of primary amides is 1. The summed E-state index contributed by atoms with van der Waals surface area (Å²) in [6.07, 6.45) is 4.90. The van der Waals surface area contributed by atoms with E-state index in [0.717, 1.165) is 0 Å². The summed E-state index contributed by atoms with van der Waals surface area (Å²) >= 11 is 0. The van der Waals surface area contributed by atoms with E-state index in [1.807, 2.05) is 18.2 Å². The number of ether oxygens (including phenoxy) is 2. The van der Waals surface area contributed by atoms with Crippen molar-refractivity contribution in [2.45, 2.75) is 31.5 Å². The molecule has 2 aromatic rings. The fourth-order valence-corrected chi connectivity index (χ4v) is 3.77. The predicted octanol–water partition coefficient (Wildman–Crippen LogP) is 2.18. The highest BCUT2D eigenvalue weighted by molar-refractivity contribution is 5.99. The molecule has 2 aliphatic heterocycles. The van der Waals surface area contributed by atoms with Crippen molar-refractivity contribution in [3.8, 4) is 23.3 Å². The number of rotatable bonds is 4. The molecule has 1 unspecified atom stereocenters. The standard InChI is InChI=1S/C27H27N3O5/c1-27(2,33)13-11-18-9-10-24-21(15-18)29(3)26(32)23(17-34-24)30-14-12-20(16-22(30)25(28)31)35-19-7-5-4-6-8-19/h4-10,12,14-16,22-23,33H,17H2,1-3H3,(H2,28,31)/t22-,23?/m0/s1.